The Hall–Kier alpha value is -1.01. The molecule has 9 N–H and O–H groups in total. The molecule has 0 aliphatic carbocycles. The van der Waals surface area contributed by atoms with Gasteiger partial charge in [0.15, 0.2) is 12.6 Å². The van der Waals surface area contributed by atoms with E-state index in [2.05, 4.69) is 19.2 Å². The monoisotopic (exact) mass is 892 g/mol. The number of rotatable bonds is 39. The van der Waals surface area contributed by atoms with Gasteiger partial charge in [-0.05, 0) is 12.8 Å². The molecule has 0 aromatic carbocycles. The van der Waals surface area contributed by atoms with E-state index in [0.717, 1.165) is 51.4 Å². The highest BCUT2D eigenvalue weighted by molar-refractivity contribution is 5.76. The van der Waals surface area contributed by atoms with E-state index >= 15 is 0 Å². The fraction of sp³-hybridized carbons (Fsp3) is 0.979. The van der Waals surface area contributed by atoms with Crippen LogP contribution < -0.4 is 5.32 Å². The molecule has 0 spiro atoms. The maximum atomic E-state index is 13.2. The smallest absolute Gasteiger partial charge is 0.220 e. The minimum absolute atomic E-state index is 0.205. The molecule has 0 aromatic heterocycles. The van der Waals surface area contributed by atoms with Crippen LogP contribution in [0.3, 0.4) is 0 Å². The van der Waals surface area contributed by atoms with Crippen LogP contribution in [0, 0.1) is 0 Å². The fourth-order valence-electron chi connectivity index (χ4n) is 8.65. The van der Waals surface area contributed by atoms with Gasteiger partial charge < -0.3 is 65.1 Å². The lowest BCUT2D eigenvalue weighted by Gasteiger charge is -2.46. The van der Waals surface area contributed by atoms with Crippen molar-refractivity contribution < 1.29 is 64.6 Å². The van der Waals surface area contributed by atoms with Crippen molar-refractivity contribution in [2.24, 2.45) is 0 Å². The molecule has 14 heteroatoms. The summed E-state index contributed by atoms with van der Waals surface area (Å²) in [4.78, 5) is 13.2. The normalized spacial score (nSPS) is 27.6. The number of hydrogen-bond acceptors (Lipinski definition) is 13. The third kappa shape index (κ3) is 23.4. The Labute approximate surface area is 374 Å². The first-order chi connectivity index (χ1) is 30.1. The largest absolute Gasteiger partial charge is 0.394 e. The van der Waals surface area contributed by atoms with Crippen molar-refractivity contribution in [1.29, 1.82) is 0 Å². The number of aliphatic hydroxyl groups excluding tert-OH is 8. The molecule has 2 fully saturated rings. The van der Waals surface area contributed by atoms with Crippen molar-refractivity contribution in [3.8, 4) is 0 Å². The summed E-state index contributed by atoms with van der Waals surface area (Å²) in [6.45, 7) is 2.85. The summed E-state index contributed by atoms with van der Waals surface area (Å²) >= 11 is 0. The van der Waals surface area contributed by atoms with E-state index in [1.165, 1.54) is 128 Å². The zero-order chi connectivity index (χ0) is 45.4. The number of carbonyl (C=O) groups is 1. The molecule has 2 aliphatic rings. The molecule has 1 amide bonds. The van der Waals surface area contributed by atoms with Gasteiger partial charge in [0.25, 0.3) is 0 Å². The molecule has 4 unspecified atom stereocenters. The quantitative estimate of drug-likeness (QED) is 0.0313. The van der Waals surface area contributed by atoms with E-state index < -0.39 is 86.8 Å². The van der Waals surface area contributed by atoms with Crippen LogP contribution >= 0.6 is 0 Å². The van der Waals surface area contributed by atoms with E-state index in [1.807, 2.05) is 0 Å². The number of carbonyl (C=O) groups excluding carboxylic acids is 1. The molecule has 12 atom stereocenters. The second kappa shape index (κ2) is 36.2. The molecule has 368 valence electrons. The van der Waals surface area contributed by atoms with Gasteiger partial charge in [-0.15, -0.1) is 0 Å². The van der Waals surface area contributed by atoms with Gasteiger partial charge in [-0.25, -0.2) is 0 Å². The standard InChI is InChI=1S/C48H93NO13/c1-3-5-7-9-11-13-15-17-18-20-21-23-25-27-29-31-37(52)36(49-40(53)32-30-28-26-24-22-19-16-14-12-10-8-6-4-2)35-59-47-45(58)43(56)46(39(34-51)61-47)62-48-44(57)42(55)41(54)38(33-50)60-48/h36-39,41-48,50-52,54-58H,3-35H2,1-2H3,(H,49,53)/t36-,37+,38+,39+,41-,42?,43?,44?,45?,46+,47+,48-/m0/s1. The van der Waals surface area contributed by atoms with Gasteiger partial charge in [-0.3, -0.25) is 4.79 Å². The average molecular weight is 892 g/mol. The summed E-state index contributed by atoms with van der Waals surface area (Å²) in [6, 6.07) is -0.820. The van der Waals surface area contributed by atoms with E-state index in [0.29, 0.717) is 12.8 Å². The van der Waals surface area contributed by atoms with E-state index in [1.54, 1.807) is 0 Å². The summed E-state index contributed by atoms with van der Waals surface area (Å²) in [5.41, 5.74) is 0. The molecule has 0 aromatic rings. The first kappa shape index (κ1) is 57.1. The average Bonchev–Trinajstić information content (AvgIpc) is 3.27. The van der Waals surface area contributed by atoms with Crippen LogP contribution in [0.5, 0.6) is 0 Å². The van der Waals surface area contributed by atoms with Gasteiger partial charge in [0.05, 0.1) is 32.0 Å². The Balaban J connectivity index is 1.84. The number of amides is 1. The van der Waals surface area contributed by atoms with Gasteiger partial charge in [-0.2, -0.15) is 0 Å². The molecule has 0 radical (unpaired) electrons. The molecule has 0 saturated carbocycles. The number of ether oxygens (including phenoxy) is 4. The second-order valence-corrected chi connectivity index (χ2v) is 18.3. The van der Waals surface area contributed by atoms with Gasteiger partial charge in [0.1, 0.15) is 48.8 Å². The molecule has 62 heavy (non-hydrogen) atoms. The fourth-order valence-corrected chi connectivity index (χ4v) is 8.65. The van der Waals surface area contributed by atoms with Gasteiger partial charge in [0.2, 0.25) is 5.91 Å². The molecule has 2 aliphatic heterocycles. The summed E-state index contributed by atoms with van der Waals surface area (Å²) in [6.07, 6.45) is 18.1. The lowest BCUT2D eigenvalue weighted by molar-refractivity contribution is -0.359. The lowest BCUT2D eigenvalue weighted by Crippen LogP contribution is -2.65. The SMILES string of the molecule is CCCCCCCCCCCCCCCCC[C@@H](O)[C@H](CO[C@@H]1O[C@H](CO)[C@@H](O[C@@H]2O[C@H](CO)[C@H](O)C(O)C2O)C(O)C1O)NC(=O)CCCCCCCCCCCCCCC. The van der Waals surface area contributed by atoms with Crippen molar-refractivity contribution in [3.63, 3.8) is 0 Å². The van der Waals surface area contributed by atoms with E-state index in [4.69, 9.17) is 18.9 Å². The Morgan fingerprint density at radius 3 is 1.37 bits per heavy atom. The van der Waals surface area contributed by atoms with Crippen LogP contribution in [-0.4, -0.2) is 140 Å². The Morgan fingerprint density at radius 2 is 0.919 bits per heavy atom. The van der Waals surface area contributed by atoms with Crippen molar-refractivity contribution >= 4 is 5.91 Å². The second-order valence-electron chi connectivity index (χ2n) is 18.3. The predicted molar refractivity (Wildman–Crippen MR) is 240 cm³/mol. The van der Waals surface area contributed by atoms with Gasteiger partial charge >= 0.3 is 0 Å². The van der Waals surface area contributed by atoms with Crippen LogP contribution in [0.25, 0.3) is 0 Å². The number of nitrogens with one attached hydrogen (secondary N) is 1. The van der Waals surface area contributed by atoms with Crippen LogP contribution in [0.15, 0.2) is 0 Å². The van der Waals surface area contributed by atoms with Crippen LogP contribution in [0.2, 0.25) is 0 Å². The molecule has 2 rings (SSSR count). The van der Waals surface area contributed by atoms with E-state index in [9.17, 15) is 45.6 Å². The van der Waals surface area contributed by atoms with Crippen LogP contribution in [0.1, 0.15) is 206 Å². The van der Waals surface area contributed by atoms with Gasteiger partial charge in [0, 0.05) is 6.42 Å². The highest BCUT2D eigenvalue weighted by atomic mass is 16.7. The molecule has 0 bridgehead atoms. The molecule has 2 saturated heterocycles. The summed E-state index contributed by atoms with van der Waals surface area (Å²) in [5, 5.41) is 86.8. The zero-order valence-corrected chi connectivity index (χ0v) is 38.9. The topological polar surface area (TPSA) is 228 Å². The lowest BCUT2D eigenvalue weighted by atomic mass is 9.97. The van der Waals surface area contributed by atoms with Crippen molar-refractivity contribution in [2.75, 3.05) is 19.8 Å². The number of unbranched alkanes of at least 4 members (excludes halogenated alkanes) is 26. The first-order valence-corrected chi connectivity index (χ1v) is 25.3. The minimum Gasteiger partial charge on any atom is -0.394 e. The first-order valence-electron chi connectivity index (χ1n) is 25.3. The Morgan fingerprint density at radius 1 is 0.516 bits per heavy atom. The maximum absolute atomic E-state index is 13.2. The molecule has 2 heterocycles. The van der Waals surface area contributed by atoms with E-state index in [-0.39, 0.29) is 12.5 Å². The molecule has 14 nitrogen and oxygen atoms in total. The maximum Gasteiger partial charge on any atom is 0.220 e. The Bertz CT molecular complexity index is 1060. The van der Waals surface area contributed by atoms with Crippen molar-refractivity contribution in [3.05, 3.63) is 0 Å². The predicted octanol–water partition coefficient (Wildman–Crippen LogP) is 6.22. The zero-order valence-electron chi connectivity index (χ0n) is 38.9. The molecular weight excluding hydrogens is 799 g/mol. The van der Waals surface area contributed by atoms with Crippen molar-refractivity contribution in [1.82, 2.24) is 5.32 Å². The Kier molecular flexibility index (Phi) is 33.3. The molecular formula is C48H93NO13. The summed E-state index contributed by atoms with van der Waals surface area (Å²) in [7, 11) is 0. The summed E-state index contributed by atoms with van der Waals surface area (Å²) in [5.74, 6) is -0.205. The van der Waals surface area contributed by atoms with Crippen LogP contribution in [0.4, 0.5) is 0 Å². The summed E-state index contributed by atoms with van der Waals surface area (Å²) < 4.78 is 22.7. The third-order valence-corrected chi connectivity index (χ3v) is 12.8. The van der Waals surface area contributed by atoms with Crippen LogP contribution in [-0.2, 0) is 23.7 Å². The highest BCUT2D eigenvalue weighted by Crippen LogP contribution is 2.30. The van der Waals surface area contributed by atoms with Gasteiger partial charge in [-0.1, -0.05) is 187 Å². The highest BCUT2D eigenvalue weighted by Gasteiger charge is 2.51. The third-order valence-electron chi connectivity index (χ3n) is 12.8. The van der Waals surface area contributed by atoms with Crippen molar-refractivity contribution in [2.45, 2.75) is 280 Å². The number of aliphatic hydroxyl groups is 8. The minimum atomic E-state index is -1.78. The number of hydrogen-bond donors (Lipinski definition) is 9.